The fourth-order valence-electron chi connectivity index (χ4n) is 2.18. The van der Waals surface area contributed by atoms with Gasteiger partial charge in [0, 0.05) is 18.4 Å². The lowest BCUT2D eigenvalue weighted by molar-refractivity contribution is 0.778. The molecular formula is C13H12N4OS. The molecule has 6 heteroatoms. The zero-order chi connectivity index (χ0) is 13.2. The van der Waals surface area contributed by atoms with Crippen LogP contribution in [0, 0.1) is 12.3 Å². The van der Waals surface area contributed by atoms with E-state index in [-0.39, 0.29) is 17.0 Å². The van der Waals surface area contributed by atoms with Crippen molar-refractivity contribution >= 4 is 22.5 Å². The Morgan fingerprint density at radius 2 is 2.47 bits per heavy atom. The van der Waals surface area contributed by atoms with E-state index in [9.17, 15) is 4.79 Å². The highest BCUT2D eigenvalue weighted by molar-refractivity contribution is 8.16. The highest BCUT2D eigenvalue weighted by Gasteiger charge is 2.32. The zero-order valence-corrected chi connectivity index (χ0v) is 11.0. The highest BCUT2D eigenvalue weighted by atomic mass is 32.2. The van der Waals surface area contributed by atoms with Gasteiger partial charge in [-0.25, -0.2) is 9.78 Å². The van der Waals surface area contributed by atoms with Crippen LogP contribution in [0.3, 0.4) is 0 Å². The molecule has 5 nitrogen and oxygen atoms in total. The number of rotatable bonds is 2. The van der Waals surface area contributed by atoms with E-state index in [0.29, 0.717) is 5.69 Å². The van der Waals surface area contributed by atoms with Crippen LogP contribution in [-0.2, 0) is 0 Å². The van der Waals surface area contributed by atoms with Crippen LogP contribution in [0.5, 0.6) is 0 Å². The normalized spacial score (nSPS) is 23.0. The first-order valence-corrected chi connectivity index (χ1v) is 6.95. The number of hydrogen-bond donors (Lipinski definition) is 1. The lowest BCUT2D eigenvalue weighted by atomic mass is 10.1. The molecule has 19 heavy (non-hydrogen) atoms. The average Bonchev–Trinajstić information content (AvgIpc) is 2.83. The van der Waals surface area contributed by atoms with E-state index >= 15 is 0 Å². The summed E-state index contributed by atoms with van der Waals surface area (Å²) in [5.41, 5.74) is 1.35. The van der Waals surface area contributed by atoms with Gasteiger partial charge in [-0.1, -0.05) is 17.7 Å². The van der Waals surface area contributed by atoms with Crippen molar-refractivity contribution in [1.82, 2.24) is 9.97 Å². The molecule has 0 radical (unpaired) electrons. The minimum atomic E-state index is -0.386. The van der Waals surface area contributed by atoms with Gasteiger partial charge in [0.1, 0.15) is 10.4 Å². The van der Waals surface area contributed by atoms with Gasteiger partial charge in [0.25, 0.3) is 0 Å². The summed E-state index contributed by atoms with van der Waals surface area (Å²) in [4.78, 5) is 26.7. The number of nitrogens with zero attached hydrogens (tertiary/aromatic N) is 3. The Labute approximate surface area is 114 Å². The molecule has 3 heterocycles. The Kier molecular flexibility index (Phi) is 3.22. The largest absolute Gasteiger partial charge is 0.345 e. The predicted octanol–water partition coefficient (Wildman–Crippen LogP) is 1.19. The van der Waals surface area contributed by atoms with Crippen molar-refractivity contribution in [2.45, 2.75) is 24.1 Å². The molecule has 2 unspecified atom stereocenters. The second-order valence-electron chi connectivity index (χ2n) is 4.35. The third kappa shape index (κ3) is 2.34. The van der Waals surface area contributed by atoms with Crippen LogP contribution in [-0.4, -0.2) is 32.6 Å². The number of nitrogens with one attached hydrogen (secondary N) is 1. The first-order valence-electron chi connectivity index (χ1n) is 6.07. The van der Waals surface area contributed by atoms with Crippen LogP contribution < -0.4 is 5.69 Å². The molecule has 1 aromatic heterocycles. The summed E-state index contributed by atoms with van der Waals surface area (Å²) in [5, 5.41) is 0.905. The van der Waals surface area contributed by atoms with Crippen LogP contribution in [0.2, 0.25) is 0 Å². The van der Waals surface area contributed by atoms with Crippen molar-refractivity contribution in [3.8, 4) is 12.3 Å². The van der Waals surface area contributed by atoms with E-state index in [1.165, 1.54) is 6.20 Å². The molecule has 0 saturated heterocycles. The van der Waals surface area contributed by atoms with Gasteiger partial charge in [0.05, 0.1) is 11.6 Å². The number of aliphatic imine (C=N–C) groups is 2. The maximum atomic E-state index is 11.3. The molecule has 0 bridgehead atoms. The van der Waals surface area contributed by atoms with E-state index in [1.807, 2.05) is 0 Å². The van der Waals surface area contributed by atoms with Crippen molar-refractivity contribution in [3.05, 3.63) is 28.4 Å². The number of aromatic amines is 1. The molecule has 2 aliphatic rings. The average molecular weight is 272 g/mol. The van der Waals surface area contributed by atoms with E-state index < -0.39 is 0 Å². The summed E-state index contributed by atoms with van der Waals surface area (Å²) in [6.07, 6.45) is 9.09. The Morgan fingerprint density at radius 1 is 1.58 bits per heavy atom. The molecule has 0 saturated carbocycles. The first-order chi connectivity index (χ1) is 9.28. The Morgan fingerprint density at radius 3 is 3.21 bits per heavy atom. The van der Waals surface area contributed by atoms with Gasteiger partial charge in [0.15, 0.2) is 0 Å². The van der Waals surface area contributed by atoms with Gasteiger partial charge < -0.3 is 4.98 Å². The molecule has 0 spiro atoms. The molecule has 2 atom stereocenters. The van der Waals surface area contributed by atoms with Gasteiger partial charge in [-0.3, -0.25) is 9.98 Å². The van der Waals surface area contributed by atoms with E-state index in [0.717, 1.165) is 30.1 Å². The van der Waals surface area contributed by atoms with Crippen LogP contribution in [0.1, 0.15) is 24.5 Å². The fraction of sp³-hybridized carbons (Fsp3) is 0.385. The molecule has 3 rings (SSSR count). The second-order valence-corrected chi connectivity index (χ2v) is 5.45. The summed E-state index contributed by atoms with van der Waals surface area (Å²) in [6.45, 7) is 0.862. The second kappa shape index (κ2) is 5.02. The summed E-state index contributed by atoms with van der Waals surface area (Å²) in [7, 11) is 0. The van der Waals surface area contributed by atoms with Gasteiger partial charge in [-0.2, -0.15) is 0 Å². The van der Waals surface area contributed by atoms with Crippen molar-refractivity contribution in [2.24, 2.45) is 9.98 Å². The van der Waals surface area contributed by atoms with Crippen LogP contribution in [0.4, 0.5) is 0 Å². The number of terminal acetylenes is 1. The number of fused-ring (bicyclic) bond motifs is 1. The smallest absolute Gasteiger partial charge is 0.308 e. The van der Waals surface area contributed by atoms with Crippen molar-refractivity contribution in [3.63, 3.8) is 0 Å². The quantitative estimate of drug-likeness (QED) is 0.822. The monoisotopic (exact) mass is 272 g/mol. The van der Waals surface area contributed by atoms with Crippen LogP contribution >= 0.6 is 11.8 Å². The van der Waals surface area contributed by atoms with Gasteiger partial charge in [-0.05, 0) is 18.9 Å². The molecule has 1 aromatic rings. The lowest BCUT2D eigenvalue weighted by Gasteiger charge is -2.14. The van der Waals surface area contributed by atoms with Gasteiger partial charge in [-0.15, -0.1) is 6.42 Å². The predicted molar refractivity (Wildman–Crippen MR) is 76.8 cm³/mol. The molecule has 0 fully saturated rings. The summed E-state index contributed by atoms with van der Waals surface area (Å²) in [5.74, 6) is 2.45. The fourth-order valence-corrected chi connectivity index (χ4v) is 3.40. The number of aromatic nitrogens is 2. The third-order valence-corrected chi connectivity index (χ3v) is 4.29. The van der Waals surface area contributed by atoms with Crippen LogP contribution in [0.15, 0.2) is 27.0 Å². The minimum Gasteiger partial charge on any atom is -0.308 e. The third-order valence-electron chi connectivity index (χ3n) is 3.09. The lowest BCUT2D eigenvalue weighted by Crippen LogP contribution is -2.18. The SMILES string of the molecule is C#CC(c1ccnc(=O)[nH]1)C1N=C2CCCN=C2S1. The number of thioether (sulfide) groups is 1. The van der Waals surface area contributed by atoms with E-state index in [1.54, 1.807) is 17.8 Å². The van der Waals surface area contributed by atoms with E-state index in [2.05, 4.69) is 25.9 Å². The summed E-state index contributed by atoms with van der Waals surface area (Å²) >= 11 is 1.59. The maximum absolute atomic E-state index is 11.3. The number of H-pyrrole nitrogens is 1. The molecule has 0 aromatic carbocycles. The Hall–Kier alpha value is -1.87. The summed E-state index contributed by atoms with van der Waals surface area (Å²) < 4.78 is 0. The van der Waals surface area contributed by atoms with Crippen molar-refractivity contribution in [2.75, 3.05) is 6.54 Å². The molecule has 1 N–H and O–H groups in total. The van der Waals surface area contributed by atoms with E-state index in [4.69, 9.17) is 6.42 Å². The molecule has 96 valence electrons. The Balaban J connectivity index is 1.91. The molecule has 0 amide bonds. The molecule has 0 aliphatic carbocycles. The Bertz CT molecular complexity index is 655. The van der Waals surface area contributed by atoms with Gasteiger partial charge in [0.2, 0.25) is 0 Å². The van der Waals surface area contributed by atoms with Crippen molar-refractivity contribution < 1.29 is 0 Å². The standard InChI is InChI=1S/C13H12N4OS/c1-2-8(9-5-7-15-13(18)17-9)11-16-10-4-3-6-14-12(10)19-11/h1,5,7-8,11H,3-4,6H2,(H,15,17,18). The maximum Gasteiger partial charge on any atom is 0.345 e. The molecular weight excluding hydrogens is 260 g/mol. The summed E-state index contributed by atoms with van der Waals surface area (Å²) in [6, 6.07) is 1.73. The zero-order valence-electron chi connectivity index (χ0n) is 10.2. The van der Waals surface area contributed by atoms with Gasteiger partial charge >= 0.3 is 5.69 Å². The van der Waals surface area contributed by atoms with Crippen molar-refractivity contribution in [1.29, 1.82) is 0 Å². The number of hydrogen-bond acceptors (Lipinski definition) is 5. The minimum absolute atomic E-state index is 0.102. The first kappa shape index (κ1) is 12.2. The van der Waals surface area contributed by atoms with Crippen LogP contribution in [0.25, 0.3) is 0 Å². The highest BCUT2D eigenvalue weighted by Crippen LogP contribution is 2.35. The topological polar surface area (TPSA) is 70.5 Å². The molecule has 2 aliphatic heterocycles.